The van der Waals surface area contributed by atoms with E-state index in [0.717, 1.165) is 29.7 Å². The van der Waals surface area contributed by atoms with Gasteiger partial charge in [0.05, 0.1) is 0 Å². The van der Waals surface area contributed by atoms with Crippen molar-refractivity contribution in [3.8, 4) is 0 Å². The van der Waals surface area contributed by atoms with Crippen molar-refractivity contribution in [1.29, 1.82) is 0 Å². The van der Waals surface area contributed by atoms with E-state index in [4.69, 9.17) is 0 Å². The molecule has 2 aliphatic rings. The minimum Gasteiger partial charge on any atom is -0.313 e. The lowest BCUT2D eigenvalue weighted by molar-refractivity contribution is 0.176. The fourth-order valence-electron chi connectivity index (χ4n) is 4.41. The quantitative estimate of drug-likeness (QED) is 0.752. The molecule has 5 atom stereocenters. The predicted octanol–water partition coefficient (Wildman–Crippen LogP) is 4.62. The molecular weight excluding hydrogens is 218 g/mol. The smallest absolute Gasteiger partial charge is 0.0124 e. The average Bonchev–Trinajstić information content (AvgIpc) is 2.76. The normalized spacial score (nSPS) is 38.8. The molecule has 2 aliphatic carbocycles. The number of rotatable bonds is 5. The SMILES string of the molecule is CCCNC(C1CCCC(C)C1)C1CCC(C)C1. The molecule has 0 radical (unpaired) electrons. The molecule has 1 heteroatoms. The van der Waals surface area contributed by atoms with Gasteiger partial charge in [0.1, 0.15) is 0 Å². The molecule has 0 aliphatic heterocycles. The first-order chi connectivity index (χ1) is 8.70. The summed E-state index contributed by atoms with van der Waals surface area (Å²) in [7, 11) is 0. The minimum absolute atomic E-state index is 0.831. The second-order valence-electron chi connectivity index (χ2n) is 7.19. The van der Waals surface area contributed by atoms with Crippen LogP contribution < -0.4 is 5.32 Å². The molecule has 0 amide bonds. The fourth-order valence-corrected chi connectivity index (χ4v) is 4.41. The summed E-state index contributed by atoms with van der Waals surface area (Å²) < 4.78 is 0. The monoisotopic (exact) mass is 251 g/mol. The third-order valence-electron chi connectivity index (χ3n) is 5.36. The van der Waals surface area contributed by atoms with Gasteiger partial charge < -0.3 is 5.32 Å². The Labute approximate surface area is 114 Å². The zero-order chi connectivity index (χ0) is 13.0. The first kappa shape index (κ1) is 14.4. The van der Waals surface area contributed by atoms with E-state index in [2.05, 4.69) is 26.1 Å². The third-order valence-corrected chi connectivity index (χ3v) is 5.36. The molecule has 18 heavy (non-hydrogen) atoms. The molecule has 0 spiro atoms. The molecule has 2 saturated carbocycles. The highest BCUT2D eigenvalue weighted by Crippen LogP contribution is 2.40. The molecule has 0 aromatic heterocycles. The third kappa shape index (κ3) is 3.73. The van der Waals surface area contributed by atoms with E-state index in [9.17, 15) is 0 Å². The maximum absolute atomic E-state index is 3.92. The van der Waals surface area contributed by atoms with E-state index in [1.165, 1.54) is 57.9 Å². The second kappa shape index (κ2) is 6.93. The van der Waals surface area contributed by atoms with Crippen LogP contribution in [0, 0.1) is 23.7 Å². The zero-order valence-electron chi connectivity index (χ0n) is 12.8. The molecule has 5 unspecified atom stereocenters. The molecule has 0 heterocycles. The van der Waals surface area contributed by atoms with Gasteiger partial charge >= 0.3 is 0 Å². The maximum Gasteiger partial charge on any atom is 0.0124 e. The summed E-state index contributed by atoms with van der Waals surface area (Å²) in [5, 5.41) is 3.92. The van der Waals surface area contributed by atoms with Crippen LogP contribution in [0.4, 0.5) is 0 Å². The fraction of sp³-hybridized carbons (Fsp3) is 1.00. The Morgan fingerprint density at radius 1 is 0.944 bits per heavy atom. The van der Waals surface area contributed by atoms with Gasteiger partial charge in [0, 0.05) is 6.04 Å². The van der Waals surface area contributed by atoms with Crippen LogP contribution in [-0.2, 0) is 0 Å². The lowest BCUT2D eigenvalue weighted by Gasteiger charge is -2.37. The zero-order valence-corrected chi connectivity index (χ0v) is 12.8. The molecule has 0 saturated heterocycles. The van der Waals surface area contributed by atoms with Gasteiger partial charge in [-0.1, -0.05) is 40.0 Å². The topological polar surface area (TPSA) is 12.0 Å². The molecule has 106 valence electrons. The van der Waals surface area contributed by atoms with E-state index >= 15 is 0 Å². The Hall–Kier alpha value is -0.0400. The molecule has 1 nitrogen and oxygen atoms in total. The molecule has 2 fully saturated rings. The van der Waals surface area contributed by atoms with Crippen molar-refractivity contribution < 1.29 is 0 Å². The molecular formula is C17H33N. The molecule has 0 bridgehead atoms. The standard InChI is InChI=1S/C17H33N/c1-4-10-18-17(16-9-8-14(3)12-16)15-7-5-6-13(2)11-15/h13-18H,4-12H2,1-3H3. The van der Waals surface area contributed by atoms with Crippen molar-refractivity contribution in [2.75, 3.05) is 6.54 Å². The summed E-state index contributed by atoms with van der Waals surface area (Å²) in [5.41, 5.74) is 0. The summed E-state index contributed by atoms with van der Waals surface area (Å²) in [5.74, 6) is 3.88. The highest BCUT2D eigenvalue weighted by atomic mass is 14.9. The van der Waals surface area contributed by atoms with Crippen LogP contribution in [0.15, 0.2) is 0 Å². The van der Waals surface area contributed by atoms with Gasteiger partial charge in [0.15, 0.2) is 0 Å². The largest absolute Gasteiger partial charge is 0.313 e. The molecule has 1 N–H and O–H groups in total. The van der Waals surface area contributed by atoms with Crippen LogP contribution in [0.5, 0.6) is 0 Å². The van der Waals surface area contributed by atoms with Crippen molar-refractivity contribution in [3.63, 3.8) is 0 Å². The Morgan fingerprint density at radius 2 is 1.61 bits per heavy atom. The van der Waals surface area contributed by atoms with Crippen LogP contribution in [0.2, 0.25) is 0 Å². The highest BCUT2D eigenvalue weighted by molar-refractivity contribution is 4.90. The van der Waals surface area contributed by atoms with Gasteiger partial charge in [0.2, 0.25) is 0 Å². The van der Waals surface area contributed by atoms with Gasteiger partial charge in [-0.25, -0.2) is 0 Å². The van der Waals surface area contributed by atoms with E-state index in [1.54, 1.807) is 0 Å². The summed E-state index contributed by atoms with van der Waals surface area (Å²) in [6.07, 6.45) is 11.6. The lowest BCUT2D eigenvalue weighted by atomic mass is 9.74. The lowest BCUT2D eigenvalue weighted by Crippen LogP contribution is -2.43. The number of nitrogens with one attached hydrogen (secondary N) is 1. The molecule has 0 aromatic carbocycles. The van der Waals surface area contributed by atoms with Gasteiger partial charge in [-0.05, 0) is 62.3 Å². The van der Waals surface area contributed by atoms with Crippen molar-refractivity contribution >= 4 is 0 Å². The van der Waals surface area contributed by atoms with Gasteiger partial charge in [-0.2, -0.15) is 0 Å². The Balaban J connectivity index is 1.94. The van der Waals surface area contributed by atoms with Crippen LogP contribution in [0.1, 0.15) is 72.1 Å². The van der Waals surface area contributed by atoms with E-state index in [0.29, 0.717) is 0 Å². The highest BCUT2D eigenvalue weighted by Gasteiger charge is 2.35. The van der Waals surface area contributed by atoms with E-state index in [1.807, 2.05) is 0 Å². The molecule has 2 rings (SSSR count). The minimum atomic E-state index is 0.831. The van der Waals surface area contributed by atoms with Crippen LogP contribution >= 0.6 is 0 Å². The summed E-state index contributed by atoms with van der Waals surface area (Å²) in [6.45, 7) is 8.42. The van der Waals surface area contributed by atoms with Crippen LogP contribution in [0.25, 0.3) is 0 Å². The first-order valence-electron chi connectivity index (χ1n) is 8.44. The van der Waals surface area contributed by atoms with Crippen molar-refractivity contribution in [2.24, 2.45) is 23.7 Å². The van der Waals surface area contributed by atoms with Crippen molar-refractivity contribution in [3.05, 3.63) is 0 Å². The Bertz CT molecular complexity index is 238. The maximum atomic E-state index is 3.92. The summed E-state index contributed by atoms with van der Waals surface area (Å²) in [4.78, 5) is 0. The first-order valence-corrected chi connectivity index (χ1v) is 8.44. The summed E-state index contributed by atoms with van der Waals surface area (Å²) >= 11 is 0. The number of hydrogen-bond donors (Lipinski definition) is 1. The predicted molar refractivity (Wildman–Crippen MR) is 79.7 cm³/mol. The molecule has 0 aromatic rings. The van der Waals surface area contributed by atoms with Gasteiger partial charge in [-0.3, -0.25) is 0 Å². The average molecular weight is 251 g/mol. The van der Waals surface area contributed by atoms with Crippen molar-refractivity contribution in [1.82, 2.24) is 5.32 Å². The summed E-state index contributed by atoms with van der Waals surface area (Å²) in [6, 6.07) is 0.831. The van der Waals surface area contributed by atoms with E-state index in [-0.39, 0.29) is 0 Å². The Morgan fingerprint density at radius 3 is 2.22 bits per heavy atom. The Kier molecular flexibility index (Phi) is 5.54. The van der Waals surface area contributed by atoms with E-state index < -0.39 is 0 Å². The number of hydrogen-bond acceptors (Lipinski definition) is 1. The van der Waals surface area contributed by atoms with Crippen molar-refractivity contribution in [2.45, 2.75) is 78.2 Å². The van der Waals surface area contributed by atoms with Gasteiger partial charge in [-0.15, -0.1) is 0 Å². The second-order valence-corrected chi connectivity index (χ2v) is 7.19. The van der Waals surface area contributed by atoms with Crippen LogP contribution in [-0.4, -0.2) is 12.6 Å². The van der Waals surface area contributed by atoms with Gasteiger partial charge in [0.25, 0.3) is 0 Å². The van der Waals surface area contributed by atoms with Crippen LogP contribution in [0.3, 0.4) is 0 Å².